The maximum atomic E-state index is 13.6. The molecule has 0 fully saturated rings. The zero-order valence-electron chi connectivity index (χ0n) is 24.8. The molecule has 13 heteroatoms. The molecule has 13 nitrogen and oxygen atoms in total. The van der Waals surface area contributed by atoms with Crippen molar-refractivity contribution in [2.75, 3.05) is 0 Å². The van der Waals surface area contributed by atoms with E-state index in [1.165, 1.54) is 24.3 Å². The van der Waals surface area contributed by atoms with Crippen LogP contribution in [0.4, 0.5) is 0 Å². The van der Waals surface area contributed by atoms with Crippen molar-refractivity contribution >= 4 is 40.5 Å². The number of fused-ring (bicyclic) bond motifs is 1. The van der Waals surface area contributed by atoms with Gasteiger partial charge in [-0.3, -0.25) is 19.2 Å². The molecule has 4 unspecified atom stereocenters. The second-order valence-electron chi connectivity index (χ2n) is 10.9. The van der Waals surface area contributed by atoms with E-state index in [-0.39, 0.29) is 25.0 Å². The largest absolute Gasteiger partial charge is 0.508 e. The number of carbonyl (C=O) groups is 5. The molecule has 0 saturated carbocycles. The van der Waals surface area contributed by atoms with Gasteiger partial charge in [0.1, 0.15) is 23.9 Å². The summed E-state index contributed by atoms with van der Waals surface area (Å²) in [7, 11) is 0. The maximum absolute atomic E-state index is 13.6. The Hall–Kier alpha value is -5.69. The summed E-state index contributed by atoms with van der Waals surface area (Å²) >= 11 is 0. The first-order valence-electron chi connectivity index (χ1n) is 14.5. The van der Waals surface area contributed by atoms with E-state index in [4.69, 9.17) is 11.5 Å². The lowest BCUT2D eigenvalue weighted by Gasteiger charge is -2.25. The molecule has 4 amide bonds. The number of carboxylic acids is 1. The Bertz CT molecular complexity index is 1690. The van der Waals surface area contributed by atoms with Crippen LogP contribution in [0, 0.1) is 0 Å². The Morgan fingerprint density at radius 3 is 1.93 bits per heavy atom. The number of phenolic OH excluding ortho intramolecular Hbond substituents is 1. The highest BCUT2D eigenvalue weighted by atomic mass is 16.4. The second-order valence-corrected chi connectivity index (χ2v) is 10.9. The van der Waals surface area contributed by atoms with Crippen LogP contribution in [0.3, 0.4) is 0 Å². The number of amides is 4. The minimum absolute atomic E-state index is 0.0139. The van der Waals surface area contributed by atoms with E-state index in [1.54, 1.807) is 36.5 Å². The molecule has 3 aromatic carbocycles. The van der Waals surface area contributed by atoms with Crippen LogP contribution in [0.25, 0.3) is 10.9 Å². The fourth-order valence-electron chi connectivity index (χ4n) is 4.99. The van der Waals surface area contributed by atoms with Crippen LogP contribution in [-0.4, -0.2) is 69.0 Å². The highest BCUT2D eigenvalue weighted by molar-refractivity contribution is 5.96. The monoisotopic (exact) mass is 628 g/mol. The standard InChI is InChI=1S/C33H36N6O7/c34-24(16-21-18-36-25-9-5-4-8-23(21)25)30(42)37-26(14-19-6-2-1-3-7-19)31(43)38-27(17-29(35)41)32(44)39-28(33(45)46)15-20-10-12-22(40)13-11-20/h1-13,18,24,26-28,36,40H,14-17,34H2,(H2,35,41)(H,37,42)(H,38,43)(H,39,44)(H,45,46). The number of hydrogen-bond donors (Lipinski definition) is 8. The first-order valence-corrected chi connectivity index (χ1v) is 14.5. The predicted molar refractivity (Wildman–Crippen MR) is 169 cm³/mol. The minimum Gasteiger partial charge on any atom is -0.508 e. The van der Waals surface area contributed by atoms with Crippen molar-refractivity contribution in [3.63, 3.8) is 0 Å². The van der Waals surface area contributed by atoms with Crippen LogP contribution < -0.4 is 27.4 Å². The average molecular weight is 629 g/mol. The molecule has 0 bridgehead atoms. The SMILES string of the molecule is NC(=O)CC(NC(=O)C(Cc1ccccc1)NC(=O)C(N)Cc1c[nH]c2ccccc12)C(=O)NC(Cc1ccc(O)cc1)C(=O)O. The van der Waals surface area contributed by atoms with Crippen LogP contribution in [-0.2, 0) is 43.2 Å². The number of hydrogen-bond acceptors (Lipinski definition) is 7. The molecule has 0 aliphatic rings. The molecule has 4 aromatic rings. The summed E-state index contributed by atoms with van der Waals surface area (Å²) in [5.41, 5.74) is 14.5. The topological polar surface area (TPSA) is 230 Å². The predicted octanol–water partition coefficient (Wildman–Crippen LogP) is 0.643. The Labute approximate surface area is 264 Å². The van der Waals surface area contributed by atoms with Crippen molar-refractivity contribution < 1.29 is 34.2 Å². The van der Waals surface area contributed by atoms with Gasteiger partial charge in [0.05, 0.1) is 12.5 Å². The smallest absolute Gasteiger partial charge is 0.326 e. The highest BCUT2D eigenvalue weighted by Gasteiger charge is 2.31. The molecule has 46 heavy (non-hydrogen) atoms. The molecular weight excluding hydrogens is 592 g/mol. The van der Waals surface area contributed by atoms with E-state index >= 15 is 0 Å². The van der Waals surface area contributed by atoms with E-state index in [0.29, 0.717) is 11.1 Å². The number of aromatic amines is 1. The van der Waals surface area contributed by atoms with Crippen LogP contribution in [0.5, 0.6) is 5.75 Å². The summed E-state index contributed by atoms with van der Waals surface area (Å²) in [6, 6.07) is 16.9. The van der Waals surface area contributed by atoms with Gasteiger partial charge in [-0.15, -0.1) is 0 Å². The fourth-order valence-corrected chi connectivity index (χ4v) is 4.99. The zero-order valence-corrected chi connectivity index (χ0v) is 24.8. The van der Waals surface area contributed by atoms with Gasteiger partial charge < -0.3 is 42.6 Å². The number of carbonyl (C=O) groups excluding carboxylic acids is 4. The first kappa shape index (κ1) is 33.2. The number of primary amides is 1. The van der Waals surface area contributed by atoms with E-state index in [2.05, 4.69) is 20.9 Å². The van der Waals surface area contributed by atoms with E-state index < -0.39 is 60.2 Å². The summed E-state index contributed by atoms with van der Waals surface area (Å²) in [6.07, 6.45) is 1.21. The van der Waals surface area contributed by atoms with E-state index in [0.717, 1.165) is 16.5 Å². The third-order valence-corrected chi connectivity index (χ3v) is 7.40. The Kier molecular flexibility index (Phi) is 11.1. The van der Waals surface area contributed by atoms with E-state index in [9.17, 15) is 34.2 Å². The minimum atomic E-state index is -1.54. The number of nitrogens with two attached hydrogens (primary N) is 2. The molecule has 10 N–H and O–H groups in total. The highest BCUT2D eigenvalue weighted by Crippen LogP contribution is 2.19. The number of nitrogens with one attached hydrogen (secondary N) is 4. The third kappa shape index (κ3) is 9.16. The Morgan fingerprint density at radius 2 is 1.26 bits per heavy atom. The molecule has 4 rings (SSSR count). The van der Waals surface area contributed by atoms with Crippen molar-refractivity contribution in [3.05, 3.63) is 102 Å². The summed E-state index contributed by atoms with van der Waals surface area (Å²) < 4.78 is 0. The van der Waals surface area contributed by atoms with Gasteiger partial charge in [-0.05, 0) is 41.3 Å². The fraction of sp³-hybridized carbons (Fsp3) is 0.242. The summed E-state index contributed by atoms with van der Waals surface area (Å²) in [5, 5.41) is 27.6. The number of phenols is 1. The molecule has 0 radical (unpaired) electrons. The van der Waals surface area contributed by atoms with Gasteiger partial charge in [-0.25, -0.2) is 4.79 Å². The molecule has 240 valence electrons. The Morgan fingerprint density at radius 1 is 0.696 bits per heavy atom. The summed E-state index contributed by atoms with van der Waals surface area (Å²) in [4.78, 5) is 67.0. The van der Waals surface area contributed by atoms with Crippen LogP contribution in [0.2, 0.25) is 0 Å². The van der Waals surface area contributed by atoms with Gasteiger partial charge in [-0.1, -0.05) is 60.7 Å². The van der Waals surface area contributed by atoms with Gasteiger partial charge in [-0.2, -0.15) is 0 Å². The van der Waals surface area contributed by atoms with Crippen LogP contribution in [0.15, 0.2) is 85.1 Å². The number of para-hydroxylation sites is 1. The van der Waals surface area contributed by atoms with Gasteiger partial charge in [0.25, 0.3) is 0 Å². The molecule has 0 saturated heterocycles. The number of aromatic hydroxyl groups is 1. The number of aromatic nitrogens is 1. The van der Waals surface area contributed by atoms with Crippen molar-refractivity contribution in [2.45, 2.75) is 49.9 Å². The van der Waals surface area contributed by atoms with Gasteiger partial charge in [0.15, 0.2) is 0 Å². The summed E-state index contributed by atoms with van der Waals surface area (Å²) in [5.74, 6) is -4.67. The molecule has 1 aromatic heterocycles. The zero-order chi connectivity index (χ0) is 33.2. The number of H-pyrrole nitrogens is 1. The summed E-state index contributed by atoms with van der Waals surface area (Å²) in [6.45, 7) is 0. The number of carboxylic acid groups (broad SMARTS) is 1. The van der Waals surface area contributed by atoms with Crippen LogP contribution >= 0.6 is 0 Å². The average Bonchev–Trinajstić information content (AvgIpc) is 3.43. The molecular formula is C33H36N6O7. The third-order valence-electron chi connectivity index (χ3n) is 7.40. The van der Waals surface area contributed by atoms with Crippen molar-refractivity contribution in [1.82, 2.24) is 20.9 Å². The molecule has 0 aliphatic heterocycles. The van der Waals surface area contributed by atoms with Gasteiger partial charge >= 0.3 is 5.97 Å². The Balaban J connectivity index is 1.49. The molecule has 0 aliphatic carbocycles. The second kappa shape index (κ2) is 15.3. The first-order chi connectivity index (χ1) is 22.0. The number of rotatable bonds is 15. The van der Waals surface area contributed by atoms with Gasteiger partial charge in [0.2, 0.25) is 23.6 Å². The lowest BCUT2D eigenvalue weighted by atomic mass is 10.0. The van der Waals surface area contributed by atoms with Gasteiger partial charge in [0, 0.05) is 29.9 Å². The van der Waals surface area contributed by atoms with Crippen molar-refractivity contribution in [1.29, 1.82) is 0 Å². The normalized spacial score (nSPS) is 13.6. The molecule has 1 heterocycles. The lowest BCUT2D eigenvalue weighted by Crippen LogP contribution is -2.58. The number of benzene rings is 3. The van der Waals surface area contributed by atoms with E-state index in [1.807, 2.05) is 24.3 Å². The van der Waals surface area contributed by atoms with Crippen LogP contribution in [0.1, 0.15) is 23.1 Å². The van der Waals surface area contributed by atoms with Crippen molar-refractivity contribution in [3.8, 4) is 5.75 Å². The number of aliphatic carboxylic acids is 1. The maximum Gasteiger partial charge on any atom is 0.326 e. The quantitative estimate of drug-likeness (QED) is 0.0929. The molecule has 4 atom stereocenters. The lowest BCUT2D eigenvalue weighted by molar-refractivity contribution is -0.142. The molecule has 0 spiro atoms. The van der Waals surface area contributed by atoms with Crippen molar-refractivity contribution in [2.24, 2.45) is 11.5 Å².